The van der Waals surface area contributed by atoms with Crippen LogP contribution in [0.3, 0.4) is 0 Å². The van der Waals surface area contributed by atoms with Gasteiger partial charge in [0.05, 0.1) is 0 Å². The molecule has 0 N–H and O–H groups in total. The van der Waals surface area contributed by atoms with Crippen molar-refractivity contribution in [2.24, 2.45) is 22.7 Å². The van der Waals surface area contributed by atoms with Crippen molar-refractivity contribution in [3.05, 3.63) is 0 Å². The van der Waals surface area contributed by atoms with Crippen molar-refractivity contribution in [3.8, 4) is 0 Å². The second-order valence-electron chi connectivity index (χ2n) is 6.60. The molecule has 0 radical (unpaired) electrons. The maximum Gasteiger partial charge on any atom is -0.0309 e. The van der Waals surface area contributed by atoms with E-state index in [1.807, 2.05) is 0 Å². The van der Waals surface area contributed by atoms with E-state index in [0.29, 0.717) is 10.8 Å². The lowest BCUT2D eigenvalue weighted by atomic mass is 9.66. The van der Waals surface area contributed by atoms with Crippen molar-refractivity contribution in [3.63, 3.8) is 0 Å². The normalized spacial score (nSPS) is 32.1. The van der Waals surface area contributed by atoms with Crippen LogP contribution in [-0.4, -0.2) is 0 Å². The topological polar surface area (TPSA) is 0 Å². The minimum atomic E-state index is 0.535. The van der Waals surface area contributed by atoms with Gasteiger partial charge in [-0.3, -0.25) is 0 Å². The van der Waals surface area contributed by atoms with Gasteiger partial charge in [0.1, 0.15) is 0 Å². The monoisotopic (exact) mass is 196 g/mol. The van der Waals surface area contributed by atoms with Gasteiger partial charge in [-0.05, 0) is 35.5 Å². The van der Waals surface area contributed by atoms with Crippen molar-refractivity contribution in [2.75, 3.05) is 0 Å². The molecule has 0 nitrogen and oxygen atoms in total. The van der Waals surface area contributed by atoms with Crippen LogP contribution in [0.25, 0.3) is 0 Å². The Morgan fingerprint density at radius 2 is 1.79 bits per heavy atom. The van der Waals surface area contributed by atoms with Crippen molar-refractivity contribution in [1.29, 1.82) is 0 Å². The van der Waals surface area contributed by atoms with Gasteiger partial charge >= 0.3 is 0 Å². The van der Waals surface area contributed by atoms with E-state index in [-0.39, 0.29) is 0 Å². The molecular weight excluding hydrogens is 168 g/mol. The standard InChI is InChI=1S/C14H28/c1-7-11-9-12(13(3,4)8-2)14(5,6)10-11/h11-12H,7-10H2,1-6H3. The third kappa shape index (κ3) is 2.15. The second-order valence-corrected chi connectivity index (χ2v) is 6.60. The zero-order chi connectivity index (χ0) is 11.0. The Bertz CT molecular complexity index is 188. The molecule has 14 heavy (non-hydrogen) atoms. The minimum absolute atomic E-state index is 0.535. The maximum absolute atomic E-state index is 2.48. The van der Waals surface area contributed by atoms with Gasteiger partial charge in [-0.1, -0.05) is 54.4 Å². The first-order valence-electron chi connectivity index (χ1n) is 6.33. The average Bonchev–Trinajstić information content (AvgIpc) is 2.41. The summed E-state index contributed by atoms with van der Waals surface area (Å²) >= 11 is 0. The molecule has 0 amide bonds. The zero-order valence-corrected chi connectivity index (χ0v) is 11.0. The highest BCUT2D eigenvalue weighted by atomic mass is 14.5. The first kappa shape index (κ1) is 12.1. The summed E-state index contributed by atoms with van der Waals surface area (Å²) in [7, 11) is 0. The van der Waals surface area contributed by atoms with Gasteiger partial charge in [-0.15, -0.1) is 0 Å². The van der Waals surface area contributed by atoms with Gasteiger partial charge in [0.25, 0.3) is 0 Å². The van der Waals surface area contributed by atoms with Gasteiger partial charge in [0.15, 0.2) is 0 Å². The van der Waals surface area contributed by atoms with Gasteiger partial charge in [-0.2, -0.15) is 0 Å². The molecule has 0 saturated heterocycles. The molecule has 1 rings (SSSR count). The van der Waals surface area contributed by atoms with E-state index >= 15 is 0 Å². The fourth-order valence-corrected chi connectivity index (χ4v) is 3.56. The molecule has 0 heterocycles. The third-order valence-corrected chi connectivity index (χ3v) is 4.76. The predicted molar refractivity (Wildman–Crippen MR) is 64.4 cm³/mol. The largest absolute Gasteiger partial charge is 0.0651 e. The van der Waals surface area contributed by atoms with E-state index in [1.54, 1.807) is 0 Å². The third-order valence-electron chi connectivity index (χ3n) is 4.76. The summed E-state index contributed by atoms with van der Waals surface area (Å²) in [6.45, 7) is 14.6. The van der Waals surface area contributed by atoms with Crippen LogP contribution in [0.4, 0.5) is 0 Å². The summed E-state index contributed by atoms with van der Waals surface area (Å²) < 4.78 is 0. The van der Waals surface area contributed by atoms with Crippen molar-refractivity contribution < 1.29 is 0 Å². The predicted octanol–water partition coefficient (Wildman–Crippen LogP) is 4.89. The quantitative estimate of drug-likeness (QED) is 0.603. The SMILES string of the molecule is CCC1CC(C(C)(C)CC)C(C)(C)C1. The molecule has 84 valence electrons. The molecule has 1 saturated carbocycles. The summed E-state index contributed by atoms with van der Waals surface area (Å²) in [5, 5.41) is 0. The molecule has 0 spiro atoms. The maximum atomic E-state index is 2.48. The Labute approximate surface area is 90.5 Å². The van der Waals surface area contributed by atoms with Crippen molar-refractivity contribution in [2.45, 2.75) is 67.2 Å². The van der Waals surface area contributed by atoms with Crippen LogP contribution < -0.4 is 0 Å². The first-order chi connectivity index (χ1) is 6.33. The van der Waals surface area contributed by atoms with Crippen molar-refractivity contribution >= 4 is 0 Å². The summed E-state index contributed by atoms with van der Waals surface area (Å²) in [4.78, 5) is 0. The molecular formula is C14H28. The Morgan fingerprint density at radius 1 is 1.21 bits per heavy atom. The molecule has 0 aromatic rings. The number of rotatable bonds is 3. The van der Waals surface area contributed by atoms with E-state index in [1.165, 1.54) is 25.7 Å². The number of hydrogen-bond acceptors (Lipinski definition) is 0. The van der Waals surface area contributed by atoms with Gasteiger partial charge < -0.3 is 0 Å². The lowest BCUT2D eigenvalue weighted by Gasteiger charge is -2.39. The summed E-state index contributed by atoms with van der Waals surface area (Å²) in [6, 6.07) is 0. The number of hydrogen-bond donors (Lipinski definition) is 0. The summed E-state index contributed by atoms with van der Waals surface area (Å²) in [5.41, 5.74) is 1.10. The van der Waals surface area contributed by atoms with Crippen LogP contribution in [0, 0.1) is 22.7 Å². The highest BCUT2D eigenvalue weighted by Crippen LogP contribution is 2.55. The lowest BCUT2D eigenvalue weighted by Crippen LogP contribution is -2.31. The van der Waals surface area contributed by atoms with Gasteiger partial charge in [-0.25, -0.2) is 0 Å². The molecule has 0 aliphatic heterocycles. The van der Waals surface area contributed by atoms with Crippen molar-refractivity contribution in [1.82, 2.24) is 0 Å². The fraction of sp³-hybridized carbons (Fsp3) is 1.00. The van der Waals surface area contributed by atoms with Gasteiger partial charge in [0.2, 0.25) is 0 Å². The molecule has 1 fully saturated rings. The Morgan fingerprint density at radius 3 is 2.14 bits per heavy atom. The van der Waals surface area contributed by atoms with Gasteiger partial charge in [0, 0.05) is 0 Å². The molecule has 1 aliphatic carbocycles. The highest BCUT2D eigenvalue weighted by Gasteiger charge is 2.46. The zero-order valence-electron chi connectivity index (χ0n) is 11.0. The summed E-state index contributed by atoms with van der Waals surface area (Å²) in [6.07, 6.45) is 5.60. The smallest absolute Gasteiger partial charge is 0.0309 e. The van der Waals surface area contributed by atoms with Crippen LogP contribution in [-0.2, 0) is 0 Å². The van der Waals surface area contributed by atoms with E-state index in [4.69, 9.17) is 0 Å². The molecule has 0 aromatic carbocycles. The molecule has 1 aliphatic rings. The Balaban J connectivity index is 2.79. The Hall–Kier alpha value is 0. The molecule has 2 atom stereocenters. The van der Waals surface area contributed by atoms with Crippen LogP contribution in [0.1, 0.15) is 67.2 Å². The van der Waals surface area contributed by atoms with Crippen LogP contribution in [0.2, 0.25) is 0 Å². The first-order valence-corrected chi connectivity index (χ1v) is 6.33. The van der Waals surface area contributed by atoms with E-state index in [9.17, 15) is 0 Å². The van der Waals surface area contributed by atoms with Crippen LogP contribution in [0.5, 0.6) is 0 Å². The van der Waals surface area contributed by atoms with Crippen LogP contribution in [0.15, 0.2) is 0 Å². The Kier molecular flexibility index (Phi) is 3.33. The molecule has 0 bridgehead atoms. The minimum Gasteiger partial charge on any atom is -0.0651 e. The van der Waals surface area contributed by atoms with E-state index < -0.39 is 0 Å². The van der Waals surface area contributed by atoms with E-state index in [2.05, 4.69) is 41.5 Å². The fourth-order valence-electron chi connectivity index (χ4n) is 3.56. The van der Waals surface area contributed by atoms with Crippen LogP contribution >= 0.6 is 0 Å². The van der Waals surface area contributed by atoms with E-state index in [0.717, 1.165) is 11.8 Å². The molecule has 0 heteroatoms. The molecule has 2 unspecified atom stereocenters. The average molecular weight is 196 g/mol. The lowest BCUT2D eigenvalue weighted by molar-refractivity contribution is 0.0993. The molecule has 0 aromatic heterocycles. The second kappa shape index (κ2) is 3.87. The summed E-state index contributed by atoms with van der Waals surface area (Å²) in [5.74, 6) is 1.91. The highest BCUT2D eigenvalue weighted by molar-refractivity contribution is 4.95.